The van der Waals surface area contributed by atoms with Crippen molar-refractivity contribution in [2.24, 2.45) is 0 Å². The predicted octanol–water partition coefficient (Wildman–Crippen LogP) is 7.79. The van der Waals surface area contributed by atoms with Crippen molar-refractivity contribution in [1.29, 1.82) is 0 Å². The van der Waals surface area contributed by atoms with E-state index < -0.39 is 5.60 Å². The lowest BCUT2D eigenvalue weighted by Crippen LogP contribution is -2.43. The third-order valence-electron chi connectivity index (χ3n) is 10.2. The molecule has 1 N–H and O–H groups in total. The Kier molecular flexibility index (Phi) is 11.0. The zero-order valence-corrected chi connectivity index (χ0v) is 29.7. The first kappa shape index (κ1) is 34.6. The number of carbonyl (C=O) groups excluding carboxylic acids is 1. The van der Waals surface area contributed by atoms with E-state index in [-0.39, 0.29) is 12.1 Å². The number of nitrogens with zero attached hydrogens (tertiary/aromatic N) is 3. The van der Waals surface area contributed by atoms with Crippen molar-refractivity contribution in [3.8, 4) is 11.3 Å². The standard InChI is InChI=1S/C41H47N3O5S/c1-50-35-25-36-38(39(32-13-6-3-7-14-32)44(40(36)42-26-35)27-34-15-9-23-47-34)41(46)18-21-43(22-19-41)20-8-12-31-24-33(48-29-31)16-17-37(45)49-28-30-10-4-2-5-11-30/h2-7,10-11,13-14,24-26,29,34,46H,8-9,12,15-23,27-28H2,1H3. The number of likely N-dealkylation sites (tertiary alicyclic amines) is 1. The maximum Gasteiger partial charge on any atom is 0.306 e. The molecule has 2 saturated heterocycles. The molecule has 0 radical (unpaired) electrons. The molecule has 1 atom stereocenters. The molecule has 2 aliphatic heterocycles. The minimum Gasteiger partial charge on any atom is -0.469 e. The number of pyridine rings is 1. The van der Waals surface area contributed by atoms with Crippen LogP contribution in [0.15, 0.2) is 94.6 Å². The summed E-state index contributed by atoms with van der Waals surface area (Å²) in [7, 11) is 0. The van der Waals surface area contributed by atoms with Crippen molar-refractivity contribution < 1.29 is 23.8 Å². The van der Waals surface area contributed by atoms with Crippen LogP contribution in [-0.2, 0) is 45.9 Å². The highest BCUT2D eigenvalue weighted by Crippen LogP contribution is 2.45. The van der Waals surface area contributed by atoms with Gasteiger partial charge in [-0.2, -0.15) is 0 Å². The number of benzene rings is 2. The van der Waals surface area contributed by atoms with Crippen LogP contribution in [0.25, 0.3) is 22.3 Å². The van der Waals surface area contributed by atoms with Crippen molar-refractivity contribution in [1.82, 2.24) is 14.5 Å². The van der Waals surface area contributed by atoms with E-state index in [1.807, 2.05) is 48.9 Å². The van der Waals surface area contributed by atoms with Crippen LogP contribution in [0.5, 0.6) is 0 Å². The molecular formula is C41H47N3O5S. The lowest BCUT2D eigenvalue weighted by Gasteiger charge is -2.39. The number of thioether (sulfide) groups is 1. The molecule has 1 unspecified atom stereocenters. The summed E-state index contributed by atoms with van der Waals surface area (Å²) >= 11 is 1.68. The van der Waals surface area contributed by atoms with Gasteiger partial charge in [-0.1, -0.05) is 60.7 Å². The number of carbonyl (C=O) groups is 1. The number of ether oxygens (including phenoxy) is 2. The quantitative estimate of drug-likeness (QED) is 0.0932. The molecule has 5 heterocycles. The number of aryl methyl sites for hydroxylation is 2. The first-order valence-corrected chi connectivity index (χ1v) is 19.2. The van der Waals surface area contributed by atoms with Gasteiger partial charge in [-0.15, -0.1) is 11.8 Å². The van der Waals surface area contributed by atoms with E-state index in [0.29, 0.717) is 32.3 Å². The zero-order valence-electron chi connectivity index (χ0n) is 28.9. The van der Waals surface area contributed by atoms with Gasteiger partial charge >= 0.3 is 5.97 Å². The fourth-order valence-electron chi connectivity index (χ4n) is 7.48. The smallest absolute Gasteiger partial charge is 0.306 e. The van der Waals surface area contributed by atoms with Crippen LogP contribution in [0, 0.1) is 0 Å². The molecule has 7 rings (SSSR count). The van der Waals surface area contributed by atoms with Crippen molar-refractivity contribution in [3.05, 3.63) is 108 Å². The van der Waals surface area contributed by atoms with Crippen LogP contribution < -0.4 is 0 Å². The Balaban J connectivity index is 0.986. The monoisotopic (exact) mass is 693 g/mol. The second-order valence-corrected chi connectivity index (χ2v) is 14.5. The molecule has 0 bridgehead atoms. The van der Waals surface area contributed by atoms with Crippen LogP contribution in [0.3, 0.4) is 0 Å². The largest absolute Gasteiger partial charge is 0.469 e. The molecule has 2 aromatic carbocycles. The molecule has 0 saturated carbocycles. The second-order valence-electron chi connectivity index (χ2n) is 13.6. The topological polar surface area (TPSA) is 90.0 Å². The highest BCUT2D eigenvalue weighted by atomic mass is 32.2. The zero-order chi connectivity index (χ0) is 34.3. The Morgan fingerprint density at radius 3 is 2.56 bits per heavy atom. The van der Waals surface area contributed by atoms with Gasteiger partial charge in [0.25, 0.3) is 0 Å². The molecule has 0 aliphatic carbocycles. The number of hydrogen-bond donors (Lipinski definition) is 1. The van der Waals surface area contributed by atoms with Crippen LogP contribution >= 0.6 is 11.8 Å². The minimum absolute atomic E-state index is 0.146. The number of fused-ring (bicyclic) bond motifs is 1. The highest BCUT2D eigenvalue weighted by Gasteiger charge is 2.40. The average Bonchev–Trinajstić information content (AvgIpc) is 3.92. The van der Waals surface area contributed by atoms with Gasteiger partial charge in [-0.3, -0.25) is 4.79 Å². The molecule has 2 aliphatic rings. The van der Waals surface area contributed by atoms with Gasteiger partial charge < -0.3 is 28.5 Å². The highest BCUT2D eigenvalue weighted by molar-refractivity contribution is 7.98. The van der Waals surface area contributed by atoms with E-state index in [1.54, 1.807) is 11.8 Å². The van der Waals surface area contributed by atoms with E-state index >= 15 is 0 Å². The fourth-order valence-corrected chi connectivity index (χ4v) is 7.88. The summed E-state index contributed by atoms with van der Waals surface area (Å²) in [5, 5.41) is 13.6. The third-order valence-corrected chi connectivity index (χ3v) is 10.9. The van der Waals surface area contributed by atoms with Crippen LogP contribution in [-0.4, -0.2) is 64.1 Å². The molecule has 5 aromatic rings. The number of rotatable bonds is 14. The molecule has 9 heteroatoms. The molecule has 3 aromatic heterocycles. The van der Waals surface area contributed by atoms with E-state index in [2.05, 4.69) is 52.1 Å². The summed E-state index contributed by atoms with van der Waals surface area (Å²) in [5.41, 5.74) is 5.26. The maximum absolute atomic E-state index is 12.6. The number of aliphatic hydroxyl groups is 1. The van der Waals surface area contributed by atoms with Crippen molar-refractivity contribution in [2.45, 2.75) is 81.1 Å². The molecule has 8 nitrogen and oxygen atoms in total. The van der Waals surface area contributed by atoms with E-state index in [4.69, 9.17) is 18.9 Å². The van der Waals surface area contributed by atoms with Gasteiger partial charge in [-0.25, -0.2) is 4.98 Å². The van der Waals surface area contributed by atoms with Gasteiger partial charge in [-0.05, 0) is 80.1 Å². The van der Waals surface area contributed by atoms with Crippen LogP contribution in [0.1, 0.15) is 61.0 Å². The minimum atomic E-state index is -0.970. The summed E-state index contributed by atoms with van der Waals surface area (Å²) in [6.45, 7) is 4.41. The number of hydrogen-bond acceptors (Lipinski definition) is 8. The lowest BCUT2D eigenvalue weighted by atomic mass is 9.81. The van der Waals surface area contributed by atoms with E-state index in [0.717, 1.165) is 108 Å². The summed E-state index contributed by atoms with van der Waals surface area (Å²) in [4.78, 5) is 20.8. The fraction of sp³-hybridized carbons (Fsp3) is 0.415. The first-order chi connectivity index (χ1) is 24.5. The van der Waals surface area contributed by atoms with Crippen molar-refractivity contribution in [3.63, 3.8) is 0 Å². The summed E-state index contributed by atoms with van der Waals surface area (Å²) in [6, 6.07) is 24.5. The average molecular weight is 694 g/mol. The Labute approximate surface area is 298 Å². The first-order valence-electron chi connectivity index (χ1n) is 17.9. The number of esters is 1. The molecule has 2 fully saturated rings. The lowest BCUT2D eigenvalue weighted by molar-refractivity contribution is -0.145. The SMILES string of the molecule is CSc1cnc2c(c1)c(C1(O)CCN(CCCc3coc(CCC(=O)OCc4ccccc4)c3)CC1)c(-c1ccccc1)n2CC1CCCO1. The summed E-state index contributed by atoms with van der Waals surface area (Å²) < 4.78 is 19.6. The molecule has 0 amide bonds. The van der Waals surface area contributed by atoms with Crippen molar-refractivity contribution >= 4 is 28.8 Å². The van der Waals surface area contributed by atoms with E-state index in [1.165, 1.54) is 0 Å². The Morgan fingerprint density at radius 2 is 1.82 bits per heavy atom. The van der Waals surface area contributed by atoms with Gasteiger partial charge in [0.2, 0.25) is 0 Å². The number of aromatic nitrogens is 2. The van der Waals surface area contributed by atoms with Crippen LogP contribution in [0.2, 0.25) is 0 Å². The maximum atomic E-state index is 12.6. The van der Waals surface area contributed by atoms with Crippen LogP contribution in [0.4, 0.5) is 0 Å². The van der Waals surface area contributed by atoms with Gasteiger partial charge in [0.1, 0.15) is 18.0 Å². The Bertz CT molecular complexity index is 1860. The summed E-state index contributed by atoms with van der Waals surface area (Å²) in [5.74, 6) is 0.591. The van der Waals surface area contributed by atoms with Gasteiger partial charge in [0, 0.05) is 48.2 Å². The summed E-state index contributed by atoms with van der Waals surface area (Å²) in [6.07, 6.45) is 12.1. The predicted molar refractivity (Wildman–Crippen MR) is 197 cm³/mol. The Hall–Kier alpha value is -3.89. The molecular weight excluding hydrogens is 647 g/mol. The van der Waals surface area contributed by atoms with E-state index in [9.17, 15) is 9.90 Å². The second kappa shape index (κ2) is 16.0. The van der Waals surface area contributed by atoms with Crippen molar-refractivity contribution in [2.75, 3.05) is 32.5 Å². The molecule has 262 valence electrons. The number of piperidine rings is 1. The normalized spacial score (nSPS) is 17.8. The molecule has 50 heavy (non-hydrogen) atoms. The van der Waals surface area contributed by atoms with Gasteiger partial charge in [0.15, 0.2) is 0 Å². The number of furan rings is 1. The Morgan fingerprint density at radius 1 is 1.04 bits per heavy atom. The molecule has 0 spiro atoms. The van der Waals surface area contributed by atoms with Gasteiger partial charge in [0.05, 0.1) is 36.6 Å². The third kappa shape index (κ3) is 8.02.